The molecular formula is C13H17BrN2O. The first-order chi connectivity index (χ1) is 8.25. The molecule has 92 valence electrons. The number of rotatable bonds is 2. The van der Waals surface area contributed by atoms with Crippen molar-refractivity contribution in [3.8, 4) is 0 Å². The molecule has 1 aromatic carbocycles. The van der Waals surface area contributed by atoms with E-state index in [9.17, 15) is 4.79 Å². The molecule has 3 nitrogen and oxygen atoms in total. The highest BCUT2D eigenvalue weighted by Crippen LogP contribution is 2.12. The lowest BCUT2D eigenvalue weighted by Gasteiger charge is -2.15. The molecule has 0 saturated carbocycles. The largest absolute Gasteiger partial charge is 0.349 e. The second kappa shape index (κ2) is 6.17. The third kappa shape index (κ3) is 3.82. The molecule has 2 rings (SSSR count). The molecule has 1 aliphatic heterocycles. The van der Waals surface area contributed by atoms with E-state index in [-0.39, 0.29) is 5.91 Å². The SMILES string of the molecule is O=C(NC1CCCNCC1)c1cccc(Br)c1. The van der Waals surface area contributed by atoms with Crippen molar-refractivity contribution >= 4 is 21.8 Å². The molecule has 4 heteroatoms. The Morgan fingerprint density at radius 3 is 3.06 bits per heavy atom. The minimum absolute atomic E-state index is 0.0261. The summed E-state index contributed by atoms with van der Waals surface area (Å²) in [6.07, 6.45) is 3.20. The van der Waals surface area contributed by atoms with E-state index in [4.69, 9.17) is 0 Å². The van der Waals surface area contributed by atoms with Crippen LogP contribution in [0.3, 0.4) is 0 Å². The summed E-state index contributed by atoms with van der Waals surface area (Å²) < 4.78 is 0.938. The molecule has 1 amide bonds. The first-order valence-corrected chi connectivity index (χ1v) is 6.82. The van der Waals surface area contributed by atoms with Crippen LogP contribution in [-0.2, 0) is 0 Å². The fourth-order valence-corrected chi connectivity index (χ4v) is 2.46. The predicted octanol–water partition coefficient (Wildman–Crippen LogP) is 2.32. The zero-order chi connectivity index (χ0) is 12.1. The van der Waals surface area contributed by atoms with Crippen molar-refractivity contribution in [1.29, 1.82) is 0 Å². The van der Waals surface area contributed by atoms with E-state index in [1.807, 2.05) is 24.3 Å². The van der Waals surface area contributed by atoms with Crippen LogP contribution < -0.4 is 10.6 Å². The van der Waals surface area contributed by atoms with Gasteiger partial charge in [0, 0.05) is 16.1 Å². The van der Waals surface area contributed by atoms with Crippen LogP contribution in [0.4, 0.5) is 0 Å². The molecule has 2 N–H and O–H groups in total. The average Bonchev–Trinajstić information content (AvgIpc) is 2.57. The molecule has 1 unspecified atom stereocenters. The Hall–Kier alpha value is -0.870. The van der Waals surface area contributed by atoms with E-state index in [0.717, 1.165) is 42.4 Å². The Bertz CT molecular complexity index is 387. The Kier molecular flexibility index (Phi) is 4.57. The maximum Gasteiger partial charge on any atom is 0.251 e. The van der Waals surface area contributed by atoms with Gasteiger partial charge in [-0.3, -0.25) is 4.79 Å². The predicted molar refractivity (Wildman–Crippen MR) is 72.1 cm³/mol. The third-order valence-corrected chi connectivity index (χ3v) is 3.49. The number of hydrogen-bond donors (Lipinski definition) is 2. The van der Waals surface area contributed by atoms with E-state index in [1.54, 1.807) is 0 Å². The van der Waals surface area contributed by atoms with Crippen molar-refractivity contribution in [1.82, 2.24) is 10.6 Å². The van der Waals surface area contributed by atoms with Gasteiger partial charge in [0.2, 0.25) is 0 Å². The molecule has 0 spiro atoms. The van der Waals surface area contributed by atoms with Crippen molar-refractivity contribution in [2.45, 2.75) is 25.3 Å². The van der Waals surface area contributed by atoms with Gasteiger partial charge in [-0.05, 0) is 50.6 Å². The number of halogens is 1. The first kappa shape index (κ1) is 12.6. The summed E-state index contributed by atoms with van der Waals surface area (Å²) >= 11 is 3.38. The zero-order valence-corrected chi connectivity index (χ0v) is 11.3. The molecular weight excluding hydrogens is 280 g/mol. The van der Waals surface area contributed by atoms with Crippen LogP contribution in [0.15, 0.2) is 28.7 Å². The van der Waals surface area contributed by atoms with Crippen molar-refractivity contribution in [2.75, 3.05) is 13.1 Å². The van der Waals surface area contributed by atoms with Gasteiger partial charge in [-0.2, -0.15) is 0 Å². The molecule has 1 atom stereocenters. The molecule has 1 aromatic rings. The van der Waals surface area contributed by atoms with Crippen molar-refractivity contribution in [3.05, 3.63) is 34.3 Å². The van der Waals surface area contributed by atoms with Gasteiger partial charge in [-0.15, -0.1) is 0 Å². The summed E-state index contributed by atoms with van der Waals surface area (Å²) in [6.45, 7) is 2.05. The lowest BCUT2D eigenvalue weighted by Crippen LogP contribution is -2.35. The zero-order valence-electron chi connectivity index (χ0n) is 9.71. The minimum Gasteiger partial charge on any atom is -0.349 e. The highest BCUT2D eigenvalue weighted by Gasteiger charge is 2.15. The molecule has 1 aliphatic rings. The highest BCUT2D eigenvalue weighted by molar-refractivity contribution is 9.10. The lowest BCUT2D eigenvalue weighted by molar-refractivity contribution is 0.0934. The fraction of sp³-hybridized carbons (Fsp3) is 0.462. The number of nitrogens with one attached hydrogen (secondary N) is 2. The van der Waals surface area contributed by atoms with Crippen molar-refractivity contribution < 1.29 is 4.79 Å². The van der Waals surface area contributed by atoms with E-state index in [1.165, 1.54) is 0 Å². The summed E-state index contributed by atoms with van der Waals surface area (Å²) in [6, 6.07) is 7.80. The fourth-order valence-electron chi connectivity index (χ4n) is 2.06. The molecule has 1 fully saturated rings. The Labute approximate surface area is 110 Å². The molecule has 17 heavy (non-hydrogen) atoms. The van der Waals surface area contributed by atoms with Crippen LogP contribution in [0.25, 0.3) is 0 Å². The van der Waals surface area contributed by atoms with Gasteiger partial charge in [0.05, 0.1) is 0 Å². The average molecular weight is 297 g/mol. The Balaban J connectivity index is 1.96. The highest BCUT2D eigenvalue weighted by atomic mass is 79.9. The second-order valence-corrected chi connectivity index (χ2v) is 5.28. The molecule has 0 aliphatic carbocycles. The number of carbonyl (C=O) groups is 1. The third-order valence-electron chi connectivity index (χ3n) is 3.00. The summed E-state index contributed by atoms with van der Waals surface area (Å²) in [5.74, 6) is 0.0261. The van der Waals surface area contributed by atoms with Gasteiger partial charge in [-0.1, -0.05) is 22.0 Å². The normalized spacial score (nSPS) is 20.6. The maximum atomic E-state index is 12.0. The van der Waals surface area contributed by atoms with Crippen LogP contribution in [0, 0.1) is 0 Å². The van der Waals surface area contributed by atoms with Crippen molar-refractivity contribution in [3.63, 3.8) is 0 Å². The quantitative estimate of drug-likeness (QED) is 0.879. The number of benzene rings is 1. The van der Waals surface area contributed by atoms with Gasteiger partial charge in [0.1, 0.15) is 0 Å². The van der Waals surface area contributed by atoms with E-state index >= 15 is 0 Å². The summed E-state index contributed by atoms with van der Waals surface area (Å²) in [7, 11) is 0. The number of hydrogen-bond acceptors (Lipinski definition) is 2. The van der Waals surface area contributed by atoms with Crippen LogP contribution in [-0.4, -0.2) is 25.0 Å². The van der Waals surface area contributed by atoms with Crippen LogP contribution >= 0.6 is 15.9 Å². The topological polar surface area (TPSA) is 41.1 Å². The smallest absolute Gasteiger partial charge is 0.251 e. The molecule has 1 saturated heterocycles. The molecule has 0 aromatic heterocycles. The summed E-state index contributed by atoms with van der Waals surface area (Å²) in [4.78, 5) is 12.0. The van der Waals surface area contributed by atoms with Gasteiger partial charge in [0.15, 0.2) is 0 Å². The monoisotopic (exact) mass is 296 g/mol. The standard InChI is InChI=1S/C13H17BrN2O/c14-11-4-1-3-10(9-11)13(17)16-12-5-2-7-15-8-6-12/h1,3-4,9,12,15H,2,5-8H2,(H,16,17). The summed E-state index contributed by atoms with van der Waals surface area (Å²) in [5.41, 5.74) is 0.719. The van der Waals surface area contributed by atoms with Gasteiger partial charge < -0.3 is 10.6 Å². The Morgan fingerprint density at radius 1 is 1.35 bits per heavy atom. The lowest BCUT2D eigenvalue weighted by atomic mass is 10.1. The van der Waals surface area contributed by atoms with Gasteiger partial charge in [-0.25, -0.2) is 0 Å². The van der Waals surface area contributed by atoms with Gasteiger partial charge >= 0.3 is 0 Å². The Morgan fingerprint density at radius 2 is 2.24 bits per heavy atom. The second-order valence-electron chi connectivity index (χ2n) is 4.36. The molecule has 1 heterocycles. The minimum atomic E-state index is 0.0261. The van der Waals surface area contributed by atoms with E-state index in [2.05, 4.69) is 26.6 Å². The number of amides is 1. The van der Waals surface area contributed by atoms with Gasteiger partial charge in [0.25, 0.3) is 5.91 Å². The molecule has 0 radical (unpaired) electrons. The van der Waals surface area contributed by atoms with Crippen LogP contribution in [0.1, 0.15) is 29.6 Å². The summed E-state index contributed by atoms with van der Waals surface area (Å²) in [5, 5.41) is 6.44. The van der Waals surface area contributed by atoms with Crippen molar-refractivity contribution in [2.24, 2.45) is 0 Å². The van der Waals surface area contributed by atoms with Crippen LogP contribution in [0.2, 0.25) is 0 Å². The number of carbonyl (C=O) groups excluding carboxylic acids is 1. The molecule has 0 bridgehead atoms. The van der Waals surface area contributed by atoms with E-state index < -0.39 is 0 Å². The maximum absolute atomic E-state index is 12.0. The van der Waals surface area contributed by atoms with Crippen LogP contribution in [0.5, 0.6) is 0 Å². The first-order valence-electron chi connectivity index (χ1n) is 6.03. The van der Waals surface area contributed by atoms with E-state index in [0.29, 0.717) is 6.04 Å².